The topological polar surface area (TPSA) is 57.4 Å². The predicted molar refractivity (Wildman–Crippen MR) is 50.5 cm³/mol. The van der Waals surface area contributed by atoms with Crippen molar-refractivity contribution in [3.8, 4) is 5.75 Å². The van der Waals surface area contributed by atoms with Crippen LogP contribution in [0.4, 0.5) is 5.82 Å². The lowest BCUT2D eigenvalue weighted by molar-refractivity contribution is 0.180. The van der Waals surface area contributed by atoms with E-state index in [1.54, 1.807) is 19.4 Å². The minimum atomic E-state index is 0.461. The van der Waals surface area contributed by atoms with Gasteiger partial charge in [0.05, 0.1) is 13.2 Å². The van der Waals surface area contributed by atoms with Crippen LogP contribution in [-0.4, -0.2) is 18.7 Å². The van der Waals surface area contributed by atoms with Gasteiger partial charge in [-0.1, -0.05) is 0 Å². The van der Waals surface area contributed by atoms with Gasteiger partial charge in [0, 0.05) is 24.9 Å². The molecule has 0 atom stereocenters. The number of ether oxygens (including phenoxy) is 2. The van der Waals surface area contributed by atoms with Gasteiger partial charge >= 0.3 is 0 Å². The summed E-state index contributed by atoms with van der Waals surface area (Å²) in [5, 5.41) is 0. The largest absolute Gasteiger partial charge is 0.493 e. The van der Waals surface area contributed by atoms with E-state index in [4.69, 9.17) is 15.2 Å². The summed E-state index contributed by atoms with van der Waals surface area (Å²) in [7, 11) is 1.63. The first-order valence-corrected chi connectivity index (χ1v) is 4.14. The molecule has 1 aromatic rings. The molecule has 4 heteroatoms. The molecule has 1 rings (SSSR count). The van der Waals surface area contributed by atoms with Crippen molar-refractivity contribution in [1.29, 1.82) is 0 Å². The summed E-state index contributed by atoms with van der Waals surface area (Å²) >= 11 is 0. The molecule has 13 heavy (non-hydrogen) atoms. The Morgan fingerprint density at radius 1 is 1.54 bits per heavy atom. The highest BCUT2D eigenvalue weighted by atomic mass is 16.5. The lowest BCUT2D eigenvalue weighted by Crippen LogP contribution is -2.00. The molecule has 0 unspecified atom stereocenters. The fourth-order valence-corrected chi connectivity index (χ4v) is 1.03. The Morgan fingerprint density at radius 2 is 2.31 bits per heavy atom. The SMILES string of the molecule is CCOc1cc(N)ncc1COC. The van der Waals surface area contributed by atoms with Gasteiger partial charge in [-0.25, -0.2) is 4.98 Å². The minimum absolute atomic E-state index is 0.461. The third kappa shape index (κ3) is 2.59. The van der Waals surface area contributed by atoms with Crippen molar-refractivity contribution in [3.63, 3.8) is 0 Å². The first-order valence-electron chi connectivity index (χ1n) is 4.14. The molecule has 0 saturated heterocycles. The van der Waals surface area contributed by atoms with E-state index in [1.807, 2.05) is 6.92 Å². The van der Waals surface area contributed by atoms with Crippen molar-refractivity contribution in [3.05, 3.63) is 17.8 Å². The van der Waals surface area contributed by atoms with E-state index in [2.05, 4.69) is 4.98 Å². The molecule has 1 heterocycles. The number of hydrogen-bond acceptors (Lipinski definition) is 4. The fraction of sp³-hybridized carbons (Fsp3) is 0.444. The zero-order valence-corrected chi connectivity index (χ0v) is 7.91. The van der Waals surface area contributed by atoms with Crippen LogP contribution >= 0.6 is 0 Å². The van der Waals surface area contributed by atoms with Crippen LogP contribution in [0.1, 0.15) is 12.5 Å². The number of rotatable bonds is 4. The predicted octanol–water partition coefficient (Wildman–Crippen LogP) is 1.21. The molecule has 72 valence electrons. The number of aromatic nitrogens is 1. The van der Waals surface area contributed by atoms with Crippen LogP contribution in [0.3, 0.4) is 0 Å². The zero-order chi connectivity index (χ0) is 9.68. The lowest BCUT2D eigenvalue weighted by atomic mass is 10.2. The van der Waals surface area contributed by atoms with Gasteiger partial charge in [0.2, 0.25) is 0 Å². The third-order valence-electron chi connectivity index (χ3n) is 1.56. The molecule has 0 aliphatic carbocycles. The Morgan fingerprint density at radius 3 is 2.92 bits per heavy atom. The Bertz CT molecular complexity index is 276. The van der Waals surface area contributed by atoms with Crippen LogP contribution in [0.25, 0.3) is 0 Å². The van der Waals surface area contributed by atoms with Crippen molar-refractivity contribution in [2.24, 2.45) is 0 Å². The molecule has 0 saturated carbocycles. The van der Waals surface area contributed by atoms with E-state index < -0.39 is 0 Å². The highest BCUT2D eigenvalue weighted by molar-refractivity contribution is 5.41. The minimum Gasteiger partial charge on any atom is -0.493 e. The molecule has 0 aliphatic heterocycles. The van der Waals surface area contributed by atoms with Crippen molar-refractivity contribution in [2.45, 2.75) is 13.5 Å². The summed E-state index contributed by atoms with van der Waals surface area (Å²) < 4.78 is 10.4. The Kier molecular flexibility index (Phi) is 3.52. The molecule has 0 radical (unpaired) electrons. The van der Waals surface area contributed by atoms with Crippen LogP contribution < -0.4 is 10.5 Å². The molecular formula is C9H14N2O2. The van der Waals surface area contributed by atoms with Crippen molar-refractivity contribution >= 4 is 5.82 Å². The molecule has 0 bridgehead atoms. The quantitative estimate of drug-likeness (QED) is 0.760. The van der Waals surface area contributed by atoms with Gasteiger partial charge in [-0.05, 0) is 6.92 Å². The van der Waals surface area contributed by atoms with Crippen molar-refractivity contribution in [2.75, 3.05) is 19.5 Å². The summed E-state index contributed by atoms with van der Waals surface area (Å²) in [5.41, 5.74) is 6.44. The first kappa shape index (κ1) is 9.80. The van der Waals surface area contributed by atoms with Crippen LogP contribution in [0.15, 0.2) is 12.3 Å². The molecule has 2 N–H and O–H groups in total. The monoisotopic (exact) mass is 182 g/mol. The number of nitrogens with two attached hydrogens (primary N) is 1. The molecule has 0 spiro atoms. The fourth-order valence-electron chi connectivity index (χ4n) is 1.03. The summed E-state index contributed by atoms with van der Waals surface area (Å²) in [6, 6.07) is 1.71. The zero-order valence-electron chi connectivity index (χ0n) is 7.91. The van der Waals surface area contributed by atoms with E-state index in [1.165, 1.54) is 0 Å². The van der Waals surface area contributed by atoms with Crippen LogP contribution in [0.2, 0.25) is 0 Å². The standard InChI is InChI=1S/C9H14N2O2/c1-3-13-8-4-9(10)11-5-7(8)6-12-2/h4-5H,3,6H2,1-2H3,(H2,10,11). The summed E-state index contributed by atoms with van der Waals surface area (Å²) in [6.07, 6.45) is 1.67. The highest BCUT2D eigenvalue weighted by Crippen LogP contribution is 2.20. The number of methoxy groups -OCH3 is 1. The van der Waals surface area contributed by atoms with Gasteiger partial charge in [-0.15, -0.1) is 0 Å². The Labute approximate surface area is 77.7 Å². The smallest absolute Gasteiger partial charge is 0.130 e. The maximum atomic E-state index is 5.52. The third-order valence-corrected chi connectivity index (χ3v) is 1.56. The van der Waals surface area contributed by atoms with E-state index in [9.17, 15) is 0 Å². The van der Waals surface area contributed by atoms with Gasteiger partial charge in [-0.2, -0.15) is 0 Å². The Hall–Kier alpha value is -1.29. The lowest BCUT2D eigenvalue weighted by Gasteiger charge is -2.09. The summed E-state index contributed by atoms with van der Waals surface area (Å²) in [5.74, 6) is 1.21. The molecule has 0 fully saturated rings. The second-order valence-electron chi connectivity index (χ2n) is 2.58. The number of hydrogen-bond donors (Lipinski definition) is 1. The maximum absolute atomic E-state index is 5.52. The number of nitrogens with zero attached hydrogens (tertiary/aromatic N) is 1. The van der Waals surface area contributed by atoms with E-state index in [0.717, 1.165) is 11.3 Å². The second kappa shape index (κ2) is 4.67. The van der Waals surface area contributed by atoms with E-state index in [0.29, 0.717) is 19.0 Å². The van der Waals surface area contributed by atoms with E-state index in [-0.39, 0.29) is 0 Å². The average Bonchev–Trinajstić information content (AvgIpc) is 2.10. The molecular weight excluding hydrogens is 168 g/mol. The molecule has 4 nitrogen and oxygen atoms in total. The number of anilines is 1. The van der Waals surface area contributed by atoms with E-state index >= 15 is 0 Å². The van der Waals surface area contributed by atoms with Gasteiger partial charge in [0.15, 0.2) is 0 Å². The normalized spacial score (nSPS) is 10.0. The van der Waals surface area contributed by atoms with Crippen LogP contribution in [0.5, 0.6) is 5.75 Å². The van der Waals surface area contributed by atoms with Crippen molar-refractivity contribution < 1.29 is 9.47 Å². The van der Waals surface area contributed by atoms with Gasteiger partial charge < -0.3 is 15.2 Å². The molecule has 0 aliphatic rings. The highest BCUT2D eigenvalue weighted by Gasteiger charge is 2.03. The number of pyridine rings is 1. The first-order chi connectivity index (χ1) is 6.27. The summed E-state index contributed by atoms with van der Waals surface area (Å²) in [4.78, 5) is 3.96. The van der Waals surface area contributed by atoms with Gasteiger partial charge in [0.1, 0.15) is 11.6 Å². The summed E-state index contributed by atoms with van der Waals surface area (Å²) in [6.45, 7) is 3.02. The second-order valence-corrected chi connectivity index (χ2v) is 2.58. The molecule has 0 aromatic carbocycles. The Balaban J connectivity index is 2.89. The van der Waals surface area contributed by atoms with Crippen molar-refractivity contribution in [1.82, 2.24) is 4.98 Å². The maximum Gasteiger partial charge on any atom is 0.130 e. The van der Waals surface area contributed by atoms with Crippen LogP contribution in [0, 0.1) is 0 Å². The van der Waals surface area contributed by atoms with Gasteiger partial charge in [-0.3, -0.25) is 0 Å². The molecule has 1 aromatic heterocycles. The van der Waals surface area contributed by atoms with Gasteiger partial charge in [0.25, 0.3) is 0 Å². The molecule has 0 amide bonds. The average molecular weight is 182 g/mol. The van der Waals surface area contributed by atoms with Crippen LogP contribution in [-0.2, 0) is 11.3 Å². The number of nitrogen functional groups attached to an aromatic ring is 1.